The maximum Gasteiger partial charge on any atom is 0.0412 e. The van der Waals surface area contributed by atoms with Crippen LogP contribution in [0.2, 0.25) is 0 Å². The lowest BCUT2D eigenvalue weighted by molar-refractivity contribution is 0.537. The van der Waals surface area contributed by atoms with Crippen LogP contribution in [0.25, 0.3) is 0 Å². The lowest BCUT2D eigenvalue weighted by Gasteiger charge is -2.13. The summed E-state index contributed by atoms with van der Waals surface area (Å²) in [5.41, 5.74) is 1.63. The number of allylic oxidation sites excluding steroid dienone is 1. The molecule has 0 spiro atoms. The second kappa shape index (κ2) is 6.36. The Kier molecular flexibility index (Phi) is 4.81. The molecule has 0 fully saturated rings. The van der Waals surface area contributed by atoms with Crippen LogP contribution in [0.15, 0.2) is 18.7 Å². The summed E-state index contributed by atoms with van der Waals surface area (Å²) < 4.78 is 0. The molecule has 94 valence electrons. The summed E-state index contributed by atoms with van der Waals surface area (Å²) in [4.78, 5) is 3.19. The van der Waals surface area contributed by atoms with E-state index in [-0.39, 0.29) is 0 Å². The largest absolute Gasteiger partial charge is 0.312 e. The minimum atomic E-state index is 0.547. The van der Waals surface area contributed by atoms with Crippen molar-refractivity contribution in [1.29, 1.82) is 0 Å². The fourth-order valence-corrected chi connectivity index (χ4v) is 3.98. The summed E-state index contributed by atoms with van der Waals surface area (Å²) in [7, 11) is 2.08. The number of thiophene rings is 1. The molecule has 0 aromatic carbocycles. The molecule has 0 bridgehead atoms. The molecule has 1 aliphatic carbocycles. The molecule has 17 heavy (non-hydrogen) atoms. The van der Waals surface area contributed by atoms with Crippen molar-refractivity contribution < 1.29 is 0 Å². The number of hydrogen-bond donors (Lipinski definition) is 1. The summed E-state index contributed by atoms with van der Waals surface area (Å²) in [5.74, 6) is 0. The molecule has 1 aromatic heterocycles. The van der Waals surface area contributed by atoms with Gasteiger partial charge in [0.15, 0.2) is 0 Å². The average Bonchev–Trinajstić information content (AvgIpc) is 2.78. The van der Waals surface area contributed by atoms with Gasteiger partial charge in [0.25, 0.3) is 0 Å². The average molecular weight is 249 g/mol. The fraction of sp³-hybridized carbons (Fsp3) is 0.600. The van der Waals surface area contributed by atoms with Crippen molar-refractivity contribution >= 4 is 11.3 Å². The first kappa shape index (κ1) is 12.8. The summed E-state index contributed by atoms with van der Waals surface area (Å²) in [5, 5.41) is 3.46. The maximum atomic E-state index is 3.79. The van der Waals surface area contributed by atoms with Gasteiger partial charge in [0.1, 0.15) is 0 Å². The van der Waals surface area contributed by atoms with Crippen LogP contribution in [-0.4, -0.2) is 7.05 Å². The molecule has 1 unspecified atom stereocenters. The van der Waals surface area contributed by atoms with Gasteiger partial charge in [-0.3, -0.25) is 0 Å². The Hall–Kier alpha value is -0.600. The maximum absolute atomic E-state index is 3.79. The quantitative estimate of drug-likeness (QED) is 0.587. The normalized spacial score (nSPS) is 16.5. The number of fused-ring (bicyclic) bond motifs is 1. The molecule has 1 heterocycles. The zero-order chi connectivity index (χ0) is 12.1. The Balaban J connectivity index is 2.02. The third-order valence-corrected chi connectivity index (χ3v) is 4.96. The molecule has 0 saturated carbocycles. The van der Waals surface area contributed by atoms with E-state index < -0.39 is 0 Å². The molecule has 1 N–H and O–H groups in total. The van der Waals surface area contributed by atoms with Crippen LogP contribution in [0, 0.1) is 0 Å². The highest BCUT2D eigenvalue weighted by Gasteiger charge is 2.17. The van der Waals surface area contributed by atoms with Crippen LogP contribution in [0.5, 0.6) is 0 Å². The lowest BCUT2D eigenvalue weighted by Crippen LogP contribution is -2.14. The molecule has 0 amide bonds. The molecule has 0 saturated heterocycles. The minimum Gasteiger partial charge on any atom is -0.312 e. The third-order valence-electron chi connectivity index (χ3n) is 3.61. The second-order valence-corrected chi connectivity index (χ2v) is 6.03. The molecule has 2 heteroatoms. The first-order valence-electron chi connectivity index (χ1n) is 6.74. The van der Waals surface area contributed by atoms with Crippen molar-refractivity contribution in [3.05, 3.63) is 34.0 Å². The highest BCUT2D eigenvalue weighted by Crippen LogP contribution is 2.34. The summed E-state index contributed by atoms with van der Waals surface area (Å²) in [6.45, 7) is 3.79. The summed E-state index contributed by atoms with van der Waals surface area (Å²) in [6, 6.07) is 3.00. The van der Waals surface area contributed by atoms with Crippen LogP contribution in [0.3, 0.4) is 0 Å². The molecule has 1 aromatic rings. The molecule has 2 rings (SSSR count). The van der Waals surface area contributed by atoms with Crippen molar-refractivity contribution in [2.75, 3.05) is 7.05 Å². The van der Waals surface area contributed by atoms with Crippen LogP contribution >= 0.6 is 11.3 Å². The van der Waals surface area contributed by atoms with Crippen molar-refractivity contribution in [3.63, 3.8) is 0 Å². The number of hydrogen-bond acceptors (Lipinski definition) is 2. The monoisotopic (exact) mass is 249 g/mol. The standard InChI is InChI=1S/C15H23NS/c1-3-4-5-9-13(16-2)15-11-12-8-6-7-10-14(12)17-15/h3,11,13,16H,1,4-10H2,2H3. The van der Waals surface area contributed by atoms with E-state index in [1.165, 1.54) is 38.5 Å². The summed E-state index contributed by atoms with van der Waals surface area (Å²) >= 11 is 2.04. The van der Waals surface area contributed by atoms with E-state index >= 15 is 0 Å². The smallest absolute Gasteiger partial charge is 0.0412 e. The lowest BCUT2D eigenvalue weighted by atomic mass is 9.98. The Morgan fingerprint density at radius 2 is 2.29 bits per heavy atom. The fourth-order valence-electron chi connectivity index (χ4n) is 2.58. The molecule has 1 nitrogen and oxygen atoms in total. The Labute approximate surface area is 109 Å². The van der Waals surface area contributed by atoms with Gasteiger partial charge in [0, 0.05) is 15.8 Å². The van der Waals surface area contributed by atoms with Gasteiger partial charge >= 0.3 is 0 Å². The van der Waals surface area contributed by atoms with E-state index in [0.29, 0.717) is 6.04 Å². The second-order valence-electron chi connectivity index (χ2n) is 4.87. The van der Waals surface area contributed by atoms with Crippen molar-refractivity contribution in [1.82, 2.24) is 5.32 Å². The first-order chi connectivity index (χ1) is 8.35. The topological polar surface area (TPSA) is 12.0 Å². The first-order valence-corrected chi connectivity index (χ1v) is 7.56. The van der Waals surface area contributed by atoms with E-state index in [0.717, 1.165) is 6.42 Å². The number of nitrogens with one attached hydrogen (secondary N) is 1. The van der Waals surface area contributed by atoms with Crippen molar-refractivity contribution in [2.45, 2.75) is 51.0 Å². The zero-order valence-electron chi connectivity index (χ0n) is 10.8. The van der Waals surface area contributed by atoms with E-state index in [1.54, 1.807) is 15.3 Å². The number of rotatable bonds is 6. The SMILES string of the molecule is C=CCCCC(NC)c1cc2c(s1)CCCC2. The number of unbranched alkanes of at least 4 members (excludes halogenated alkanes) is 1. The van der Waals surface area contributed by atoms with Gasteiger partial charge < -0.3 is 5.32 Å². The van der Waals surface area contributed by atoms with Gasteiger partial charge in [-0.1, -0.05) is 6.08 Å². The minimum absolute atomic E-state index is 0.547. The third kappa shape index (κ3) is 3.20. The zero-order valence-corrected chi connectivity index (χ0v) is 11.6. The van der Waals surface area contributed by atoms with Gasteiger partial charge in [-0.05, 0) is 63.6 Å². The van der Waals surface area contributed by atoms with E-state index in [1.807, 2.05) is 17.4 Å². The van der Waals surface area contributed by atoms with Gasteiger partial charge in [-0.15, -0.1) is 17.9 Å². The molecular formula is C15H23NS. The Morgan fingerprint density at radius 1 is 1.47 bits per heavy atom. The number of aryl methyl sites for hydroxylation is 2. The van der Waals surface area contributed by atoms with Gasteiger partial charge in [-0.2, -0.15) is 0 Å². The van der Waals surface area contributed by atoms with Crippen LogP contribution in [-0.2, 0) is 12.8 Å². The van der Waals surface area contributed by atoms with E-state index in [4.69, 9.17) is 0 Å². The van der Waals surface area contributed by atoms with Gasteiger partial charge in [0.2, 0.25) is 0 Å². The summed E-state index contributed by atoms with van der Waals surface area (Å²) in [6.07, 6.45) is 11.0. The van der Waals surface area contributed by atoms with Crippen molar-refractivity contribution in [2.24, 2.45) is 0 Å². The molecule has 1 aliphatic rings. The Bertz CT molecular complexity index is 343. The molecular weight excluding hydrogens is 226 g/mol. The highest BCUT2D eigenvalue weighted by atomic mass is 32.1. The van der Waals surface area contributed by atoms with Gasteiger partial charge in [-0.25, -0.2) is 0 Å². The van der Waals surface area contributed by atoms with Crippen LogP contribution < -0.4 is 5.32 Å². The van der Waals surface area contributed by atoms with E-state index in [9.17, 15) is 0 Å². The predicted octanol–water partition coefficient (Wildman–Crippen LogP) is 4.24. The molecule has 0 aliphatic heterocycles. The van der Waals surface area contributed by atoms with Crippen LogP contribution in [0.1, 0.15) is 53.5 Å². The van der Waals surface area contributed by atoms with Crippen LogP contribution in [0.4, 0.5) is 0 Å². The van der Waals surface area contributed by atoms with Crippen molar-refractivity contribution in [3.8, 4) is 0 Å². The molecule has 0 radical (unpaired) electrons. The van der Waals surface area contributed by atoms with E-state index in [2.05, 4.69) is 25.0 Å². The predicted molar refractivity (Wildman–Crippen MR) is 76.8 cm³/mol. The molecule has 1 atom stereocenters. The Morgan fingerprint density at radius 3 is 3.00 bits per heavy atom. The highest BCUT2D eigenvalue weighted by molar-refractivity contribution is 7.12. The van der Waals surface area contributed by atoms with Gasteiger partial charge in [0.05, 0.1) is 0 Å².